The minimum Gasteiger partial charge on any atom is -0.487 e. The predicted molar refractivity (Wildman–Crippen MR) is 161 cm³/mol. The Bertz CT molecular complexity index is 1640. The molecule has 41 heavy (non-hydrogen) atoms. The van der Waals surface area contributed by atoms with Crippen LogP contribution in [-0.2, 0) is 23.2 Å². The average molecular weight is 554 g/mol. The van der Waals surface area contributed by atoms with E-state index in [0.29, 0.717) is 17.9 Å². The number of anilines is 1. The first kappa shape index (κ1) is 29.1. The lowest BCUT2D eigenvalue weighted by atomic mass is 10.0. The number of nitrogens with one attached hydrogen (secondary N) is 2. The predicted octanol–water partition coefficient (Wildman–Crippen LogP) is 4.23. The number of aryl methyl sites for hydroxylation is 3. The van der Waals surface area contributed by atoms with Crippen LogP contribution >= 0.6 is 0 Å². The third kappa shape index (κ3) is 6.46. The molecule has 9 heteroatoms. The monoisotopic (exact) mass is 553 g/mol. The summed E-state index contributed by atoms with van der Waals surface area (Å²) in [5.74, 6) is 0.786. The summed E-state index contributed by atoms with van der Waals surface area (Å²) >= 11 is 0. The van der Waals surface area contributed by atoms with Crippen LogP contribution in [0.3, 0.4) is 0 Å². The number of benzene rings is 3. The molecular formula is C32H35N5O4. The molecule has 9 nitrogen and oxygen atoms in total. The second kappa shape index (κ2) is 12.5. The number of carbonyl (C=O) groups is 3. The highest BCUT2D eigenvalue weighted by Crippen LogP contribution is 2.29. The molecule has 0 radical (unpaired) electrons. The number of rotatable bonds is 9. The van der Waals surface area contributed by atoms with Crippen molar-refractivity contribution in [3.05, 3.63) is 94.3 Å². The summed E-state index contributed by atoms with van der Waals surface area (Å²) < 4.78 is 8.26. The van der Waals surface area contributed by atoms with Gasteiger partial charge in [0, 0.05) is 38.5 Å². The molecule has 0 atom stereocenters. The fourth-order valence-electron chi connectivity index (χ4n) is 4.57. The number of aromatic nitrogens is 2. The summed E-state index contributed by atoms with van der Waals surface area (Å²) in [6, 6.07) is 16.6. The normalized spacial score (nSPS) is 11.1. The minimum absolute atomic E-state index is 0.157. The maximum absolute atomic E-state index is 13.0. The SMILES string of the molecule is CNC(=O)c1ccc(C=CC(=O)NCC(=O)N(C)c2ccc(C)c(COc3cccc4c3nc(C)n4C)c2C)cc1. The molecule has 212 valence electrons. The number of likely N-dealkylation sites (N-methyl/N-ethyl adjacent to an activating group) is 1. The lowest BCUT2D eigenvalue weighted by molar-refractivity contribution is -0.122. The molecule has 3 amide bonds. The van der Waals surface area contributed by atoms with E-state index in [1.54, 1.807) is 49.3 Å². The van der Waals surface area contributed by atoms with Crippen molar-refractivity contribution in [2.24, 2.45) is 7.05 Å². The smallest absolute Gasteiger partial charge is 0.251 e. The van der Waals surface area contributed by atoms with E-state index in [4.69, 9.17) is 4.74 Å². The fourth-order valence-corrected chi connectivity index (χ4v) is 4.57. The van der Waals surface area contributed by atoms with Crippen molar-refractivity contribution in [3.63, 3.8) is 0 Å². The van der Waals surface area contributed by atoms with E-state index in [0.717, 1.165) is 44.8 Å². The zero-order valence-electron chi connectivity index (χ0n) is 24.2. The summed E-state index contributed by atoms with van der Waals surface area (Å²) in [4.78, 5) is 43.2. The van der Waals surface area contributed by atoms with Gasteiger partial charge in [-0.3, -0.25) is 14.4 Å². The van der Waals surface area contributed by atoms with Crippen molar-refractivity contribution < 1.29 is 19.1 Å². The van der Waals surface area contributed by atoms with Gasteiger partial charge in [-0.15, -0.1) is 0 Å². The molecule has 0 aliphatic heterocycles. The summed E-state index contributed by atoms with van der Waals surface area (Å²) in [7, 11) is 5.24. The van der Waals surface area contributed by atoms with Crippen LogP contribution in [0.2, 0.25) is 0 Å². The van der Waals surface area contributed by atoms with Crippen molar-refractivity contribution in [3.8, 4) is 5.75 Å². The summed E-state index contributed by atoms with van der Waals surface area (Å²) in [5, 5.41) is 5.21. The third-order valence-electron chi connectivity index (χ3n) is 7.25. The Morgan fingerprint density at radius 3 is 2.46 bits per heavy atom. The molecule has 1 heterocycles. The van der Waals surface area contributed by atoms with Crippen molar-refractivity contribution in [2.75, 3.05) is 25.5 Å². The molecule has 0 aliphatic carbocycles. The highest BCUT2D eigenvalue weighted by Gasteiger charge is 2.18. The first-order valence-electron chi connectivity index (χ1n) is 13.3. The maximum Gasteiger partial charge on any atom is 0.251 e. The molecule has 0 saturated carbocycles. The van der Waals surface area contributed by atoms with Gasteiger partial charge in [0.25, 0.3) is 5.91 Å². The van der Waals surface area contributed by atoms with Crippen molar-refractivity contribution in [1.29, 1.82) is 0 Å². The highest BCUT2D eigenvalue weighted by atomic mass is 16.5. The number of nitrogens with zero attached hydrogens (tertiary/aromatic N) is 3. The van der Waals surface area contributed by atoms with Gasteiger partial charge in [-0.25, -0.2) is 4.98 Å². The molecule has 2 N–H and O–H groups in total. The maximum atomic E-state index is 13.0. The standard InChI is InChI=1S/C32H35N5O4/c1-20-10-16-26(21(2)25(20)19-41-28-9-7-8-27-31(28)35-22(3)36(27)5)37(6)30(39)18-34-29(38)17-13-23-11-14-24(15-12-23)32(40)33-4/h7-17H,18-19H2,1-6H3,(H,33,40)(H,34,38). The van der Waals surface area contributed by atoms with Gasteiger partial charge < -0.3 is 24.8 Å². The number of carbonyl (C=O) groups excluding carboxylic acids is 3. The van der Waals surface area contributed by atoms with Crippen molar-refractivity contribution in [2.45, 2.75) is 27.4 Å². The zero-order valence-corrected chi connectivity index (χ0v) is 24.2. The minimum atomic E-state index is -0.393. The van der Waals surface area contributed by atoms with E-state index >= 15 is 0 Å². The van der Waals surface area contributed by atoms with Crippen LogP contribution in [0.1, 0.15) is 38.4 Å². The number of ether oxygens (including phenoxy) is 1. The topological polar surface area (TPSA) is 106 Å². The van der Waals surface area contributed by atoms with Gasteiger partial charge in [0.1, 0.15) is 23.7 Å². The molecule has 4 rings (SSSR count). The van der Waals surface area contributed by atoms with E-state index in [1.165, 1.54) is 6.08 Å². The lowest BCUT2D eigenvalue weighted by Gasteiger charge is -2.23. The summed E-state index contributed by atoms with van der Waals surface area (Å²) in [6.07, 6.45) is 2.98. The van der Waals surface area contributed by atoms with Gasteiger partial charge in [0.2, 0.25) is 11.8 Å². The Morgan fingerprint density at radius 2 is 1.76 bits per heavy atom. The summed E-state index contributed by atoms with van der Waals surface area (Å²) in [5.41, 5.74) is 6.82. The third-order valence-corrected chi connectivity index (χ3v) is 7.25. The number of fused-ring (bicyclic) bond motifs is 1. The van der Waals surface area contributed by atoms with E-state index in [1.807, 2.05) is 62.7 Å². The van der Waals surface area contributed by atoms with Crippen LogP contribution in [0.25, 0.3) is 17.1 Å². The first-order valence-corrected chi connectivity index (χ1v) is 13.3. The van der Waals surface area contributed by atoms with Gasteiger partial charge in [0.15, 0.2) is 0 Å². The number of hydrogen-bond acceptors (Lipinski definition) is 5. The first-order chi connectivity index (χ1) is 19.6. The average Bonchev–Trinajstić information content (AvgIpc) is 3.27. The molecule has 3 aromatic carbocycles. The van der Waals surface area contributed by atoms with Crippen LogP contribution in [0.4, 0.5) is 5.69 Å². The largest absolute Gasteiger partial charge is 0.487 e. The Balaban J connectivity index is 1.39. The Labute approximate surface area is 239 Å². The van der Waals surface area contributed by atoms with Crippen LogP contribution < -0.4 is 20.3 Å². The molecule has 0 bridgehead atoms. The van der Waals surface area contributed by atoms with Gasteiger partial charge in [0.05, 0.1) is 12.1 Å². The van der Waals surface area contributed by atoms with Crippen molar-refractivity contribution >= 4 is 40.5 Å². The molecule has 0 spiro atoms. The highest BCUT2D eigenvalue weighted by molar-refractivity contribution is 5.99. The zero-order chi connectivity index (χ0) is 29.7. The Kier molecular flexibility index (Phi) is 8.87. The molecule has 1 aromatic heterocycles. The molecule has 0 fully saturated rings. The number of amides is 3. The molecule has 0 unspecified atom stereocenters. The van der Waals surface area contributed by atoms with Crippen molar-refractivity contribution in [1.82, 2.24) is 20.2 Å². The second-order valence-corrected chi connectivity index (χ2v) is 9.84. The molecule has 0 aliphatic rings. The fraction of sp³-hybridized carbons (Fsp3) is 0.250. The van der Waals surface area contributed by atoms with Crippen LogP contribution in [-0.4, -0.2) is 47.9 Å². The van der Waals surface area contributed by atoms with Gasteiger partial charge in [-0.05, 0) is 79.4 Å². The van der Waals surface area contributed by atoms with Crippen LogP contribution in [0, 0.1) is 20.8 Å². The van der Waals surface area contributed by atoms with Crippen LogP contribution in [0.15, 0.2) is 60.7 Å². The van der Waals surface area contributed by atoms with Gasteiger partial charge in [-0.2, -0.15) is 0 Å². The molecule has 0 saturated heterocycles. The molecule has 4 aromatic rings. The van der Waals surface area contributed by atoms with E-state index in [9.17, 15) is 14.4 Å². The lowest BCUT2D eigenvalue weighted by Crippen LogP contribution is -2.38. The summed E-state index contributed by atoms with van der Waals surface area (Å²) in [6.45, 7) is 6.11. The second-order valence-electron chi connectivity index (χ2n) is 9.84. The van der Waals surface area contributed by atoms with Gasteiger partial charge in [-0.1, -0.05) is 24.3 Å². The van der Waals surface area contributed by atoms with Gasteiger partial charge >= 0.3 is 0 Å². The van der Waals surface area contributed by atoms with E-state index < -0.39 is 5.91 Å². The van der Waals surface area contributed by atoms with E-state index in [2.05, 4.69) is 15.6 Å². The quantitative estimate of drug-likeness (QED) is 0.302. The number of para-hydroxylation sites is 1. The number of imidazole rings is 1. The number of hydrogen-bond donors (Lipinski definition) is 2. The van der Waals surface area contributed by atoms with E-state index in [-0.39, 0.29) is 18.4 Å². The Morgan fingerprint density at radius 1 is 1.02 bits per heavy atom. The van der Waals surface area contributed by atoms with Crippen LogP contribution in [0.5, 0.6) is 5.75 Å². The Hall–Kier alpha value is -4.92. The molecular weight excluding hydrogens is 518 g/mol.